The number of imidazole rings is 1. The second kappa shape index (κ2) is 9.31. The highest BCUT2D eigenvalue weighted by Crippen LogP contribution is 2.23. The minimum Gasteiger partial charge on any atom is -0.332 e. The summed E-state index contributed by atoms with van der Waals surface area (Å²) in [5.74, 6) is -0.540. The van der Waals surface area contributed by atoms with E-state index in [1.165, 1.54) is 12.2 Å². The van der Waals surface area contributed by atoms with E-state index in [4.69, 9.17) is 10.7 Å². The number of carbonyl (C=O) groups excluding carboxylic acids is 1. The van der Waals surface area contributed by atoms with Crippen LogP contribution in [0.1, 0.15) is 23.0 Å². The summed E-state index contributed by atoms with van der Waals surface area (Å²) >= 11 is 0. The van der Waals surface area contributed by atoms with Crippen molar-refractivity contribution in [3.05, 3.63) is 84.2 Å². The van der Waals surface area contributed by atoms with Gasteiger partial charge in [-0.05, 0) is 49.4 Å². The van der Waals surface area contributed by atoms with Crippen LogP contribution < -0.4 is 9.72 Å². The molecule has 1 unspecified atom stereocenters. The second-order valence-corrected chi connectivity index (χ2v) is 6.78. The van der Waals surface area contributed by atoms with Crippen molar-refractivity contribution in [3.8, 4) is 17.5 Å². The van der Waals surface area contributed by atoms with Gasteiger partial charge in [0.1, 0.15) is 0 Å². The van der Waals surface area contributed by atoms with Crippen LogP contribution in [0.3, 0.4) is 0 Å². The number of rotatable bonds is 6. The van der Waals surface area contributed by atoms with Gasteiger partial charge in [-0.3, -0.25) is 4.79 Å². The number of alkyl halides is 3. The molecule has 32 heavy (non-hydrogen) atoms. The van der Waals surface area contributed by atoms with Crippen LogP contribution in [0.15, 0.2) is 73.0 Å². The zero-order valence-corrected chi connectivity index (χ0v) is 16.9. The number of nitriles is 1. The number of nitrogens with zero attached hydrogens (tertiary/aromatic N) is 2. The Kier molecular flexibility index (Phi) is 6.54. The molecule has 0 aliphatic rings. The van der Waals surface area contributed by atoms with E-state index >= 15 is 0 Å². The van der Waals surface area contributed by atoms with E-state index in [2.05, 4.69) is 4.98 Å². The number of aromatic nitrogens is 2. The zero-order valence-electron chi connectivity index (χ0n) is 16.9. The average Bonchev–Trinajstić information content (AvgIpc) is 3.16. The number of aromatic amines is 1. The third-order valence-corrected chi connectivity index (χ3v) is 4.61. The third kappa shape index (κ3) is 4.75. The summed E-state index contributed by atoms with van der Waals surface area (Å²) in [7, 11) is 0. The Morgan fingerprint density at radius 3 is 2.56 bits per heavy atom. The minimum absolute atomic E-state index is 0.0792. The van der Waals surface area contributed by atoms with Crippen LogP contribution in [-0.4, -0.2) is 28.8 Å². The first kappa shape index (κ1) is 22.5. The van der Waals surface area contributed by atoms with Crippen LogP contribution in [0.5, 0.6) is 0 Å². The van der Waals surface area contributed by atoms with Crippen LogP contribution in [-0.2, 0) is 0 Å². The van der Waals surface area contributed by atoms with Gasteiger partial charge < -0.3 is 10.7 Å². The van der Waals surface area contributed by atoms with Gasteiger partial charge in [0, 0.05) is 0 Å². The second-order valence-electron chi connectivity index (χ2n) is 6.78. The van der Waals surface area contributed by atoms with Crippen molar-refractivity contribution < 1.29 is 22.4 Å². The van der Waals surface area contributed by atoms with Crippen LogP contribution in [0.2, 0.25) is 0 Å². The van der Waals surface area contributed by atoms with Crippen molar-refractivity contribution >= 4 is 17.1 Å². The summed E-state index contributed by atoms with van der Waals surface area (Å²) in [5, 5.41) is 18.7. The number of H-pyrrole nitrogens is 1. The molecule has 0 fully saturated rings. The van der Waals surface area contributed by atoms with Crippen molar-refractivity contribution in [2.45, 2.75) is 19.1 Å². The maximum absolute atomic E-state index is 13.6. The Hall–Kier alpha value is -4.19. The number of hydrogen-bond donors (Lipinski definition) is 3. The monoisotopic (exact) mass is 438 g/mol. The smallest absolute Gasteiger partial charge is 0.332 e. The molecule has 3 aromatic rings. The molecular weight excluding hydrogens is 419 g/mol. The maximum atomic E-state index is 13.6. The fourth-order valence-electron chi connectivity index (χ4n) is 3.08. The summed E-state index contributed by atoms with van der Waals surface area (Å²) in [6, 6.07) is 11.1. The SMILES string of the molecule is C/C=C\C=C/C(=N)C(NC(=O)c1[nH]c(-c2ccc(C#N)cc2)[n+]2ccccc12)C(F)(F)F. The highest BCUT2D eigenvalue weighted by atomic mass is 19.4. The molecule has 0 saturated heterocycles. The molecule has 0 aliphatic carbocycles. The molecule has 1 atom stereocenters. The molecule has 2 aromatic heterocycles. The topological polar surface area (TPSA) is 96.6 Å². The zero-order chi connectivity index (χ0) is 23.3. The Morgan fingerprint density at radius 1 is 1.22 bits per heavy atom. The van der Waals surface area contributed by atoms with Gasteiger partial charge in [0.15, 0.2) is 11.6 Å². The lowest BCUT2D eigenvalue weighted by molar-refractivity contribution is -0.498. The molecule has 162 valence electrons. The first-order valence-corrected chi connectivity index (χ1v) is 9.54. The Labute approximate surface area is 181 Å². The Morgan fingerprint density at radius 2 is 1.94 bits per heavy atom. The molecule has 0 bridgehead atoms. The molecule has 3 rings (SSSR count). The lowest BCUT2D eigenvalue weighted by atomic mass is 10.1. The summed E-state index contributed by atoms with van der Waals surface area (Å²) in [6.07, 6.45) is 2.21. The third-order valence-electron chi connectivity index (χ3n) is 4.61. The number of halogens is 3. The van der Waals surface area contributed by atoms with Crippen molar-refractivity contribution in [1.82, 2.24) is 10.3 Å². The number of amides is 1. The summed E-state index contributed by atoms with van der Waals surface area (Å²) in [4.78, 5) is 15.8. The molecule has 0 saturated carbocycles. The van der Waals surface area contributed by atoms with Gasteiger partial charge in [0.2, 0.25) is 5.69 Å². The predicted octanol–water partition coefficient (Wildman–Crippen LogP) is 4.10. The highest BCUT2D eigenvalue weighted by Gasteiger charge is 2.44. The van der Waals surface area contributed by atoms with E-state index in [0.29, 0.717) is 22.5 Å². The lowest BCUT2D eigenvalue weighted by Crippen LogP contribution is -2.50. The number of hydrogen-bond acceptors (Lipinski definition) is 3. The molecule has 1 aromatic carbocycles. The van der Waals surface area contributed by atoms with Gasteiger partial charge in [-0.2, -0.15) is 22.8 Å². The number of benzene rings is 1. The predicted molar refractivity (Wildman–Crippen MR) is 113 cm³/mol. The van der Waals surface area contributed by atoms with Crippen molar-refractivity contribution in [2.75, 3.05) is 0 Å². The van der Waals surface area contributed by atoms with Gasteiger partial charge >= 0.3 is 6.18 Å². The number of nitrogens with one attached hydrogen (secondary N) is 3. The largest absolute Gasteiger partial charge is 0.414 e. The summed E-state index contributed by atoms with van der Waals surface area (Å²) in [5.41, 5.74) is 0.578. The van der Waals surface area contributed by atoms with Gasteiger partial charge in [-0.15, -0.1) is 0 Å². The summed E-state index contributed by atoms with van der Waals surface area (Å²) < 4.78 is 42.3. The number of allylic oxidation sites excluding steroid dienone is 3. The van der Waals surface area contributed by atoms with E-state index in [9.17, 15) is 18.0 Å². The quantitative estimate of drug-likeness (QED) is 0.307. The molecular formula is C23H19F3N5O+. The number of pyridine rings is 1. The van der Waals surface area contributed by atoms with E-state index in [-0.39, 0.29) is 5.69 Å². The van der Waals surface area contributed by atoms with Crippen LogP contribution in [0.4, 0.5) is 13.2 Å². The van der Waals surface area contributed by atoms with E-state index in [1.807, 2.05) is 11.4 Å². The highest BCUT2D eigenvalue weighted by molar-refractivity contribution is 6.04. The fraction of sp³-hybridized carbons (Fsp3) is 0.130. The van der Waals surface area contributed by atoms with Gasteiger partial charge in [-0.1, -0.05) is 24.3 Å². The molecule has 6 nitrogen and oxygen atoms in total. The molecule has 0 spiro atoms. The maximum Gasteiger partial charge on any atom is 0.414 e. The molecule has 0 radical (unpaired) electrons. The minimum atomic E-state index is -4.85. The normalized spacial score (nSPS) is 12.8. The van der Waals surface area contributed by atoms with Gasteiger partial charge in [0.05, 0.1) is 29.1 Å². The van der Waals surface area contributed by atoms with E-state index in [1.54, 1.807) is 66.1 Å². The lowest BCUT2D eigenvalue weighted by Gasteiger charge is -2.20. The molecule has 3 N–H and O–H groups in total. The standard InChI is InChI=1S/C23H18F3N5O/c1-2-3-4-7-17(28)20(23(24,25)26)30-22(32)19-18-8-5-6-13-31(18)21(29-19)16-11-9-15(14-27)10-12-16/h2-13,20,28H,1H3,(H,30,32)/p+1/b3-2-,7-4-,28-17?. The number of carbonyl (C=O) groups is 1. The van der Waals surface area contributed by atoms with Crippen LogP contribution in [0.25, 0.3) is 16.9 Å². The van der Waals surface area contributed by atoms with Gasteiger partial charge in [0.25, 0.3) is 11.7 Å². The van der Waals surface area contributed by atoms with Crippen molar-refractivity contribution in [3.63, 3.8) is 0 Å². The van der Waals surface area contributed by atoms with E-state index < -0.39 is 23.8 Å². The molecule has 1 amide bonds. The summed E-state index contributed by atoms with van der Waals surface area (Å²) in [6.45, 7) is 1.69. The van der Waals surface area contributed by atoms with Crippen molar-refractivity contribution in [2.24, 2.45) is 0 Å². The van der Waals surface area contributed by atoms with Crippen LogP contribution in [0, 0.1) is 16.7 Å². The first-order valence-electron chi connectivity index (χ1n) is 9.54. The average molecular weight is 438 g/mol. The fourth-order valence-corrected chi connectivity index (χ4v) is 3.08. The van der Waals surface area contributed by atoms with Crippen LogP contribution >= 0.6 is 0 Å². The molecule has 9 heteroatoms. The van der Waals surface area contributed by atoms with Crippen molar-refractivity contribution in [1.29, 1.82) is 10.7 Å². The molecule has 0 aliphatic heterocycles. The first-order chi connectivity index (χ1) is 15.3. The van der Waals surface area contributed by atoms with Gasteiger partial charge in [-0.25, -0.2) is 4.98 Å². The molecule has 2 heterocycles. The Bertz CT molecular complexity index is 1250. The van der Waals surface area contributed by atoms with E-state index in [0.717, 1.165) is 6.08 Å². The number of fused-ring (bicyclic) bond motifs is 1. The Balaban J connectivity index is 2.00.